The van der Waals surface area contributed by atoms with E-state index in [-0.39, 0.29) is 11.9 Å². The smallest absolute Gasteiger partial charge is 0.271 e. The number of nitrogens with zero attached hydrogens (tertiary/aromatic N) is 2. The second kappa shape index (κ2) is 6.02. The number of hydrogen-bond acceptors (Lipinski definition) is 2. The van der Waals surface area contributed by atoms with E-state index in [1.165, 1.54) is 0 Å². The van der Waals surface area contributed by atoms with Crippen molar-refractivity contribution in [1.82, 2.24) is 15.1 Å². The molecule has 1 aromatic heterocycles. The molecule has 0 aliphatic heterocycles. The van der Waals surface area contributed by atoms with Crippen molar-refractivity contribution in [3.63, 3.8) is 0 Å². The summed E-state index contributed by atoms with van der Waals surface area (Å²) in [5.41, 5.74) is 1.64. The lowest BCUT2D eigenvalue weighted by atomic mass is 10.1. The third-order valence-corrected chi connectivity index (χ3v) is 3.54. The summed E-state index contributed by atoms with van der Waals surface area (Å²) in [5, 5.41) is 7.13. The van der Waals surface area contributed by atoms with Gasteiger partial charge >= 0.3 is 0 Å². The fourth-order valence-electron chi connectivity index (χ4n) is 1.92. The standard InChI is InChI=1S/C14H16BrN3O/c1-3-18-13(12(15)9-16-18)14(19)17-10(2)11-7-5-4-6-8-11/h4-10H,3H2,1-2H3,(H,17,19)/t10-/m1/s1. The average molecular weight is 322 g/mol. The van der Waals surface area contributed by atoms with Gasteiger partial charge in [-0.2, -0.15) is 5.10 Å². The molecule has 5 heteroatoms. The summed E-state index contributed by atoms with van der Waals surface area (Å²) < 4.78 is 2.39. The Morgan fingerprint density at radius 1 is 1.42 bits per heavy atom. The number of hydrogen-bond donors (Lipinski definition) is 1. The molecule has 0 saturated carbocycles. The molecule has 100 valence electrons. The van der Waals surface area contributed by atoms with E-state index in [2.05, 4.69) is 26.3 Å². The van der Waals surface area contributed by atoms with Crippen LogP contribution in [-0.2, 0) is 6.54 Å². The first-order valence-corrected chi connectivity index (χ1v) is 7.00. The van der Waals surface area contributed by atoms with E-state index in [9.17, 15) is 4.79 Å². The van der Waals surface area contributed by atoms with Crippen LogP contribution < -0.4 is 5.32 Å². The van der Waals surface area contributed by atoms with E-state index in [1.807, 2.05) is 44.2 Å². The Balaban J connectivity index is 2.15. The maximum Gasteiger partial charge on any atom is 0.271 e. The highest BCUT2D eigenvalue weighted by molar-refractivity contribution is 9.10. The van der Waals surface area contributed by atoms with Crippen molar-refractivity contribution in [1.29, 1.82) is 0 Å². The Hall–Kier alpha value is -1.62. The van der Waals surface area contributed by atoms with Gasteiger partial charge in [0.1, 0.15) is 5.69 Å². The van der Waals surface area contributed by atoms with E-state index < -0.39 is 0 Å². The highest BCUT2D eigenvalue weighted by atomic mass is 79.9. The number of carbonyl (C=O) groups is 1. The molecule has 0 spiro atoms. The van der Waals surface area contributed by atoms with Gasteiger partial charge in [0.15, 0.2) is 0 Å². The van der Waals surface area contributed by atoms with Crippen molar-refractivity contribution in [3.05, 3.63) is 52.3 Å². The minimum absolute atomic E-state index is 0.0409. The van der Waals surface area contributed by atoms with Gasteiger partial charge in [0.2, 0.25) is 0 Å². The normalized spacial score (nSPS) is 12.2. The second-order valence-electron chi connectivity index (χ2n) is 4.26. The SMILES string of the molecule is CCn1ncc(Br)c1C(=O)N[C@H](C)c1ccccc1. The number of amides is 1. The maximum atomic E-state index is 12.3. The predicted octanol–water partition coefficient (Wildman–Crippen LogP) is 3.16. The number of rotatable bonds is 4. The highest BCUT2D eigenvalue weighted by Crippen LogP contribution is 2.18. The van der Waals surface area contributed by atoms with Gasteiger partial charge in [-0.05, 0) is 35.3 Å². The fraction of sp³-hybridized carbons (Fsp3) is 0.286. The van der Waals surface area contributed by atoms with E-state index in [0.717, 1.165) is 5.56 Å². The van der Waals surface area contributed by atoms with Crippen molar-refractivity contribution in [2.45, 2.75) is 26.4 Å². The molecule has 1 amide bonds. The monoisotopic (exact) mass is 321 g/mol. The van der Waals surface area contributed by atoms with Gasteiger partial charge in [-0.25, -0.2) is 0 Å². The Morgan fingerprint density at radius 2 is 2.11 bits per heavy atom. The molecule has 0 bridgehead atoms. The third-order valence-electron chi connectivity index (χ3n) is 2.96. The number of halogens is 1. The molecular weight excluding hydrogens is 306 g/mol. The molecule has 2 rings (SSSR count). The van der Waals surface area contributed by atoms with Crippen molar-refractivity contribution >= 4 is 21.8 Å². The Labute approximate surface area is 120 Å². The van der Waals surface area contributed by atoms with E-state index in [1.54, 1.807) is 10.9 Å². The first kappa shape index (κ1) is 13.8. The van der Waals surface area contributed by atoms with Gasteiger partial charge in [0.05, 0.1) is 16.7 Å². The molecule has 0 fully saturated rings. The minimum Gasteiger partial charge on any atom is -0.344 e. The lowest BCUT2D eigenvalue weighted by molar-refractivity contribution is 0.0928. The molecular formula is C14H16BrN3O. The lowest BCUT2D eigenvalue weighted by Crippen LogP contribution is -2.29. The fourth-order valence-corrected chi connectivity index (χ4v) is 2.39. The summed E-state index contributed by atoms with van der Waals surface area (Å²) in [4.78, 5) is 12.3. The van der Waals surface area contributed by atoms with Crippen LogP contribution in [0.3, 0.4) is 0 Å². The van der Waals surface area contributed by atoms with Crippen LogP contribution in [0.2, 0.25) is 0 Å². The van der Waals surface area contributed by atoms with Crippen LogP contribution in [0.5, 0.6) is 0 Å². The first-order valence-electron chi connectivity index (χ1n) is 6.20. The Bertz CT molecular complexity index is 565. The number of carbonyl (C=O) groups excluding carboxylic acids is 1. The molecule has 19 heavy (non-hydrogen) atoms. The number of aryl methyl sites for hydroxylation is 1. The summed E-state index contributed by atoms with van der Waals surface area (Å²) >= 11 is 3.36. The second-order valence-corrected chi connectivity index (χ2v) is 5.12. The average Bonchev–Trinajstić information content (AvgIpc) is 2.80. The van der Waals surface area contributed by atoms with Crippen LogP contribution in [0.1, 0.15) is 35.9 Å². The predicted molar refractivity (Wildman–Crippen MR) is 77.9 cm³/mol. The number of aromatic nitrogens is 2. The zero-order chi connectivity index (χ0) is 13.8. The van der Waals surface area contributed by atoms with Gasteiger partial charge in [0, 0.05) is 6.54 Å². The van der Waals surface area contributed by atoms with Crippen molar-refractivity contribution in [3.8, 4) is 0 Å². The van der Waals surface area contributed by atoms with Crippen LogP contribution in [0.4, 0.5) is 0 Å². The van der Waals surface area contributed by atoms with Crippen molar-refractivity contribution < 1.29 is 4.79 Å². The molecule has 1 heterocycles. The first-order chi connectivity index (χ1) is 9.13. The van der Waals surface area contributed by atoms with Gasteiger partial charge in [0.25, 0.3) is 5.91 Å². The van der Waals surface area contributed by atoms with Gasteiger partial charge in [-0.3, -0.25) is 9.48 Å². The molecule has 0 saturated heterocycles. The molecule has 2 aromatic rings. The summed E-state index contributed by atoms with van der Waals surface area (Å²) in [6.07, 6.45) is 1.64. The molecule has 0 radical (unpaired) electrons. The lowest BCUT2D eigenvalue weighted by Gasteiger charge is -2.15. The maximum absolute atomic E-state index is 12.3. The van der Waals surface area contributed by atoms with Crippen LogP contribution in [0.15, 0.2) is 41.0 Å². The zero-order valence-corrected chi connectivity index (χ0v) is 12.5. The molecule has 1 aromatic carbocycles. The highest BCUT2D eigenvalue weighted by Gasteiger charge is 2.18. The van der Waals surface area contributed by atoms with Gasteiger partial charge in [-0.15, -0.1) is 0 Å². The van der Waals surface area contributed by atoms with Crippen LogP contribution >= 0.6 is 15.9 Å². The van der Waals surface area contributed by atoms with E-state index in [4.69, 9.17) is 0 Å². The zero-order valence-electron chi connectivity index (χ0n) is 10.9. The summed E-state index contributed by atoms with van der Waals surface area (Å²) in [6, 6.07) is 9.84. The van der Waals surface area contributed by atoms with Crippen molar-refractivity contribution in [2.75, 3.05) is 0 Å². The Morgan fingerprint density at radius 3 is 2.74 bits per heavy atom. The molecule has 1 atom stereocenters. The van der Waals surface area contributed by atoms with Crippen molar-refractivity contribution in [2.24, 2.45) is 0 Å². The van der Waals surface area contributed by atoms with E-state index in [0.29, 0.717) is 16.7 Å². The largest absolute Gasteiger partial charge is 0.344 e. The van der Waals surface area contributed by atoms with E-state index >= 15 is 0 Å². The molecule has 4 nitrogen and oxygen atoms in total. The minimum atomic E-state index is -0.123. The van der Waals surface area contributed by atoms with Crippen LogP contribution in [0, 0.1) is 0 Å². The molecule has 1 N–H and O–H groups in total. The number of nitrogens with one attached hydrogen (secondary N) is 1. The Kier molecular flexibility index (Phi) is 4.37. The third kappa shape index (κ3) is 3.04. The summed E-state index contributed by atoms with van der Waals surface area (Å²) in [6.45, 7) is 4.58. The summed E-state index contributed by atoms with van der Waals surface area (Å²) in [5.74, 6) is -0.123. The summed E-state index contributed by atoms with van der Waals surface area (Å²) in [7, 11) is 0. The van der Waals surface area contributed by atoms with Crippen LogP contribution in [-0.4, -0.2) is 15.7 Å². The number of benzene rings is 1. The topological polar surface area (TPSA) is 46.9 Å². The molecule has 0 aliphatic carbocycles. The molecule has 0 unspecified atom stereocenters. The van der Waals surface area contributed by atoms with Gasteiger partial charge in [-0.1, -0.05) is 30.3 Å². The quantitative estimate of drug-likeness (QED) is 0.940. The van der Waals surface area contributed by atoms with Gasteiger partial charge < -0.3 is 5.32 Å². The van der Waals surface area contributed by atoms with Crippen LogP contribution in [0.25, 0.3) is 0 Å². The molecule has 0 aliphatic rings.